The van der Waals surface area contributed by atoms with Gasteiger partial charge in [0.25, 0.3) is 5.91 Å². The summed E-state index contributed by atoms with van der Waals surface area (Å²) in [4.78, 5) is 29.1. The molecule has 2 aliphatic rings. The Labute approximate surface area is 229 Å². The highest BCUT2D eigenvalue weighted by molar-refractivity contribution is 6.31. The lowest BCUT2D eigenvalue weighted by Crippen LogP contribution is -2.50. The molecule has 4 rings (SSSR count). The molecule has 1 N–H and O–H groups in total. The summed E-state index contributed by atoms with van der Waals surface area (Å²) in [5, 5.41) is 12.6. The molecule has 8 nitrogen and oxygen atoms in total. The van der Waals surface area contributed by atoms with Crippen LogP contribution in [0.3, 0.4) is 0 Å². The van der Waals surface area contributed by atoms with Gasteiger partial charge in [-0.15, -0.1) is 0 Å². The molecule has 1 saturated carbocycles. The average Bonchev–Trinajstić information content (AvgIpc) is 2.89. The first-order valence-corrected chi connectivity index (χ1v) is 13.5. The Hall–Kier alpha value is -3.44. The molecular formula is C29H35ClN4O4. The van der Waals surface area contributed by atoms with Crippen molar-refractivity contribution in [3.8, 4) is 11.8 Å². The molecule has 0 unspecified atom stereocenters. The van der Waals surface area contributed by atoms with Crippen LogP contribution in [0.2, 0.25) is 5.02 Å². The van der Waals surface area contributed by atoms with Crippen molar-refractivity contribution in [1.82, 2.24) is 10.2 Å². The molecular weight excluding hydrogens is 504 g/mol. The molecule has 38 heavy (non-hydrogen) atoms. The third-order valence-corrected chi connectivity index (χ3v) is 7.11. The van der Waals surface area contributed by atoms with Gasteiger partial charge in [0, 0.05) is 49.5 Å². The summed E-state index contributed by atoms with van der Waals surface area (Å²) in [6.45, 7) is 8.23. The summed E-state index contributed by atoms with van der Waals surface area (Å²) in [5.74, 6) is 0.586. The summed E-state index contributed by atoms with van der Waals surface area (Å²) in [6, 6.07) is 14.9. The monoisotopic (exact) mass is 538 g/mol. The molecule has 1 aliphatic heterocycles. The number of hydrogen-bond acceptors (Lipinski definition) is 6. The van der Waals surface area contributed by atoms with Crippen molar-refractivity contribution in [2.24, 2.45) is 0 Å². The lowest BCUT2D eigenvalue weighted by atomic mass is 9.92. The van der Waals surface area contributed by atoms with Gasteiger partial charge in [0.15, 0.2) is 0 Å². The smallest absolute Gasteiger partial charge is 0.410 e. The van der Waals surface area contributed by atoms with Gasteiger partial charge in [-0.05, 0) is 82.9 Å². The number of amides is 2. The van der Waals surface area contributed by atoms with Crippen molar-refractivity contribution in [3.63, 3.8) is 0 Å². The molecule has 0 atom stereocenters. The van der Waals surface area contributed by atoms with E-state index in [1.165, 1.54) is 0 Å². The number of halogens is 1. The molecule has 0 radical (unpaired) electrons. The standard InChI is InChI=1S/C29H35ClN4O4/c1-29(2,3)38-28(36)34-16-14-33(15-17-34)23-9-4-20(5-10-23)27(35)32-22-7-12-24(13-8-22)37-25-11-6-21(19-31)26(30)18-25/h4-6,9-11,18,22,24H,7-8,12-17H2,1-3H3,(H,32,35). The Morgan fingerprint density at radius 2 is 1.66 bits per heavy atom. The topological polar surface area (TPSA) is 94.9 Å². The molecule has 1 aliphatic carbocycles. The number of nitrogens with zero attached hydrogens (tertiary/aromatic N) is 3. The van der Waals surface area contributed by atoms with Crippen LogP contribution in [0.4, 0.5) is 10.5 Å². The molecule has 2 aromatic rings. The summed E-state index contributed by atoms with van der Waals surface area (Å²) in [7, 11) is 0. The van der Waals surface area contributed by atoms with E-state index in [9.17, 15) is 9.59 Å². The van der Waals surface area contributed by atoms with Crippen LogP contribution in [0.25, 0.3) is 0 Å². The summed E-state index contributed by atoms with van der Waals surface area (Å²) < 4.78 is 11.5. The molecule has 202 valence electrons. The Kier molecular flexibility index (Phi) is 8.68. The van der Waals surface area contributed by atoms with Crippen molar-refractivity contribution in [2.75, 3.05) is 31.1 Å². The van der Waals surface area contributed by atoms with Gasteiger partial charge in [0.05, 0.1) is 16.7 Å². The van der Waals surface area contributed by atoms with Crippen molar-refractivity contribution in [1.29, 1.82) is 5.26 Å². The first-order chi connectivity index (χ1) is 18.1. The first kappa shape index (κ1) is 27.6. The number of nitrogens with one attached hydrogen (secondary N) is 1. The third kappa shape index (κ3) is 7.32. The van der Waals surface area contributed by atoms with Crippen molar-refractivity contribution in [3.05, 3.63) is 58.6 Å². The second-order valence-electron chi connectivity index (χ2n) is 10.8. The van der Waals surface area contributed by atoms with E-state index < -0.39 is 5.60 Å². The summed E-state index contributed by atoms with van der Waals surface area (Å²) in [5.41, 5.74) is 1.59. The van der Waals surface area contributed by atoms with Gasteiger partial charge >= 0.3 is 6.09 Å². The Balaban J connectivity index is 1.21. The van der Waals surface area contributed by atoms with Gasteiger partial charge in [0.1, 0.15) is 17.4 Å². The normalized spacial score (nSPS) is 19.9. The predicted octanol–water partition coefficient (Wildman–Crippen LogP) is 5.39. The van der Waals surface area contributed by atoms with E-state index >= 15 is 0 Å². The maximum absolute atomic E-state index is 12.8. The Morgan fingerprint density at radius 3 is 2.24 bits per heavy atom. The third-order valence-electron chi connectivity index (χ3n) is 6.80. The van der Waals surface area contributed by atoms with E-state index in [2.05, 4.69) is 10.2 Å². The van der Waals surface area contributed by atoms with E-state index in [1.807, 2.05) is 51.1 Å². The SMILES string of the molecule is CC(C)(C)OC(=O)N1CCN(c2ccc(C(=O)NC3CCC(Oc4ccc(C#N)c(Cl)c4)CC3)cc2)CC1. The number of carbonyl (C=O) groups is 2. The molecule has 2 aromatic carbocycles. The van der Waals surface area contributed by atoms with Gasteiger partial charge < -0.3 is 24.6 Å². The van der Waals surface area contributed by atoms with Gasteiger partial charge in [-0.2, -0.15) is 5.26 Å². The van der Waals surface area contributed by atoms with Gasteiger partial charge in [-0.3, -0.25) is 4.79 Å². The average molecular weight is 539 g/mol. The number of hydrogen-bond donors (Lipinski definition) is 1. The fourth-order valence-corrected chi connectivity index (χ4v) is 4.96. The van der Waals surface area contributed by atoms with Crippen LogP contribution in [0, 0.1) is 11.3 Å². The zero-order valence-corrected chi connectivity index (χ0v) is 23.0. The molecule has 0 aromatic heterocycles. The minimum atomic E-state index is -0.501. The fourth-order valence-electron chi connectivity index (χ4n) is 4.74. The zero-order chi connectivity index (χ0) is 27.3. The first-order valence-electron chi connectivity index (χ1n) is 13.1. The zero-order valence-electron chi connectivity index (χ0n) is 22.2. The number of benzene rings is 2. The largest absolute Gasteiger partial charge is 0.490 e. The van der Waals surface area contributed by atoms with Crippen LogP contribution in [0.1, 0.15) is 62.4 Å². The van der Waals surface area contributed by atoms with Gasteiger partial charge in [-0.25, -0.2) is 4.79 Å². The number of ether oxygens (including phenoxy) is 2. The van der Waals surface area contributed by atoms with Crippen LogP contribution in [-0.4, -0.2) is 60.8 Å². The second-order valence-corrected chi connectivity index (χ2v) is 11.2. The number of anilines is 1. The molecule has 2 fully saturated rings. The van der Waals surface area contributed by atoms with Gasteiger partial charge in [-0.1, -0.05) is 11.6 Å². The molecule has 1 saturated heterocycles. The number of piperazine rings is 1. The lowest BCUT2D eigenvalue weighted by molar-refractivity contribution is 0.0240. The van der Waals surface area contributed by atoms with E-state index in [0.29, 0.717) is 48.1 Å². The fraction of sp³-hybridized carbons (Fsp3) is 0.483. The summed E-state index contributed by atoms with van der Waals surface area (Å²) >= 11 is 6.10. The number of carbonyl (C=O) groups excluding carboxylic acids is 2. The Morgan fingerprint density at radius 1 is 1.00 bits per heavy atom. The van der Waals surface area contributed by atoms with E-state index in [1.54, 1.807) is 23.1 Å². The van der Waals surface area contributed by atoms with Crippen LogP contribution in [0.5, 0.6) is 5.75 Å². The quantitative estimate of drug-likeness (QED) is 0.548. The molecule has 9 heteroatoms. The highest BCUT2D eigenvalue weighted by atomic mass is 35.5. The van der Waals surface area contributed by atoms with Crippen molar-refractivity contribution < 1.29 is 19.1 Å². The number of nitriles is 1. The second kappa shape index (κ2) is 12.0. The minimum absolute atomic E-state index is 0.0576. The summed E-state index contributed by atoms with van der Waals surface area (Å²) in [6.07, 6.45) is 3.11. The number of rotatable bonds is 5. The van der Waals surface area contributed by atoms with Crippen molar-refractivity contribution >= 4 is 29.3 Å². The highest BCUT2D eigenvalue weighted by Gasteiger charge is 2.27. The van der Waals surface area contributed by atoms with Crippen LogP contribution in [0.15, 0.2) is 42.5 Å². The molecule has 0 spiro atoms. The predicted molar refractivity (Wildman–Crippen MR) is 147 cm³/mol. The molecule has 1 heterocycles. The van der Waals surface area contributed by atoms with Crippen molar-refractivity contribution in [2.45, 2.75) is 64.2 Å². The van der Waals surface area contributed by atoms with Gasteiger partial charge in [0.2, 0.25) is 0 Å². The van der Waals surface area contributed by atoms with Crippen LogP contribution in [-0.2, 0) is 4.74 Å². The molecule has 0 bridgehead atoms. The van der Waals surface area contributed by atoms with Crippen LogP contribution < -0.4 is 15.0 Å². The van der Waals surface area contributed by atoms with E-state index in [0.717, 1.165) is 31.4 Å². The minimum Gasteiger partial charge on any atom is -0.490 e. The van der Waals surface area contributed by atoms with E-state index in [4.69, 9.17) is 26.3 Å². The Bertz CT molecular complexity index is 1170. The van der Waals surface area contributed by atoms with Crippen LogP contribution >= 0.6 is 11.6 Å². The van der Waals surface area contributed by atoms with E-state index in [-0.39, 0.29) is 24.1 Å². The molecule has 2 amide bonds. The lowest BCUT2D eigenvalue weighted by Gasteiger charge is -2.36. The highest BCUT2D eigenvalue weighted by Crippen LogP contribution is 2.27. The maximum Gasteiger partial charge on any atom is 0.410 e. The maximum atomic E-state index is 12.8.